The topological polar surface area (TPSA) is 118 Å². The van der Waals surface area contributed by atoms with Crippen LogP contribution in [0.4, 0.5) is 0 Å². The third-order valence-electron chi connectivity index (χ3n) is 10.9. The van der Waals surface area contributed by atoms with Gasteiger partial charge in [0.15, 0.2) is 0 Å². The molecule has 3 unspecified atom stereocenters. The van der Waals surface area contributed by atoms with Crippen LogP contribution >= 0.6 is 23.2 Å². The summed E-state index contributed by atoms with van der Waals surface area (Å²) < 4.78 is 11.7. The largest absolute Gasteiger partial charge is 0.481 e. The van der Waals surface area contributed by atoms with Gasteiger partial charge in [0.05, 0.1) is 35.7 Å². The lowest BCUT2D eigenvalue weighted by Gasteiger charge is -2.31. The van der Waals surface area contributed by atoms with Crippen LogP contribution in [0.5, 0.6) is 11.8 Å². The predicted molar refractivity (Wildman–Crippen MR) is 202 cm³/mol. The summed E-state index contributed by atoms with van der Waals surface area (Å²) in [6, 6.07) is 16.5. The van der Waals surface area contributed by atoms with E-state index in [1.807, 2.05) is 36.4 Å². The van der Waals surface area contributed by atoms with Gasteiger partial charge in [-0.25, -0.2) is 9.97 Å². The van der Waals surface area contributed by atoms with Gasteiger partial charge in [0.25, 0.3) is 0 Å². The number of carbonyl (C=O) groups excluding carboxylic acids is 2. The first-order valence-electron chi connectivity index (χ1n) is 18.1. The number of rotatable bonds is 10. The Morgan fingerprint density at radius 3 is 1.98 bits per heavy atom. The third kappa shape index (κ3) is 6.73. The quantitative estimate of drug-likeness (QED) is 0.174. The second-order valence-electron chi connectivity index (χ2n) is 14.2. The molecule has 8 rings (SSSR count). The lowest BCUT2D eigenvalue weighted by atomic mass is 9.95. The number of halogens is 2. The zero-order valence-corrected chi connectivity index (χ0v) is 30.9. The van der Waals surface area contributed by atoms with Gasteiger partial charge in [-0.1, -0.05) is 59.6 Å². The number of aromatic nitrogens is 2. The molecule has 3 atom stereocenters. The second kappa shape index (κ2) is 14.7. The summed E-state index contributed by atoms with van der Waals surface area (Å²) in [7, 11) is 3.31. The smallest absolute Gasteiger partial charge is 0.220 e. The summed E-state index contributed by atoms with van der Waals surface area (Å²) >= 11 is 14.5. The van der Waals surface area contributed by atoms with Crippen LogP contribution in [0.1, 0.15) is 60.4 Å². The number of fused-ring (bicyclic) bond motifs is 2. The first kappa shape index (κ1) is 34.8. The number of aryl methyl sites for hydroxylation is 1. The molecule has 4 aromatic rings. The van der Waals surface area contributed by atoms with Crippen molar-refractivity contribution in [2.24, 2.45) is 0 Å². The lowest BCUT2D eigenvalue weighted by Crippen LogP contribution is -2.41. The summed E-state index contributed by atoms with van der Waals surface area (Å²) in [4.78, 5) is 35.8. The molecule has 0 radical (unpaired) electrons. The highest BCUT2D eigenvalue weighted by atomic mass is 35.5. The number of amides is 2. The summed E-state index contributed by atoms with van der Waals surface area (Å²) in [6.07, 6.45) is 5.53. The molecule has 3 aliphatic heterocycles. The number of nitrogens with zero attached hydrogens (tertiary/aromatic N) is 3. The maximum absolute atomic E-state index is 11.8. The standard InChI is InChI=1S/C40H42Cl2N6O4/c1-51-39-26-15-16-48(21-25-11-14-35(50)45-25)20-23(26)18-33(46-39)30-8-4-6-28(38(30)42)27-5-3-7-29(37(27)41)32-17-22-9-12-31(36(22)40(47-32)52-2)43-19-24-10-13-34(49)44-24/h3-8,17-18,24-25,31,43H,9-16,19-21H2,1-2H3,(H,44,49)(H,45,50). The number of carbonyl (C=O) groups is 2. The van der Waals surface area contributed by atoms with E-state index in [4.69, 9.17) is 42.6 Å². The predicted octanol–water partition coefficient (Wildman–Crippen LogP) is 6.29. The van der Waals surface area contributed by atoms with Crippen molar-refractivity contribution in [2.45, 2.75) is 69.6 Å². The van der Waals surface area contributed by atoms with E-state index >= 15 is 0 Å². The van der Waals surface area contributed by atoms with Crippen molar-refractivity contribution in [3.63, 3.8) is 0 Å². The average molecular weight is 742 g/mol. The average Bonchev–Trinajstić information content (AvgIpc) is 3.89. The van der Waals surface area contributed by atoms with Crippen LogP contribution in [-0.2, 0) is 29.0 Å². The molecule has 3 N–H and O–H groups in total. The van der Waals surface area contributed by atoms with Gasteiger partial charge in [0, 0.05) is 90.5 Å². The van der Waals surface area contributed by atoms with Crippen molar-refractivity contribution < 1.29 is 19.1 Å². The number of benzene rings is 2. The molecule has 270 valence electrons. The van der Waals surface area contributed by atoms with Gasteiger partial charge in [0.1, 0.15) is 0 Å². The van der Waals surface area contributed by atoms with Crippen molar-refractivity contribution >= 4 is 35.0 Å². The molecule has 52 heavy (non-hydrogen) atoms. The van der Waals surface area contributed by atoms with Gasteiger partial charge in [-0.15, -0.1) is 0 Å². The highest BCUT2D eigenvalue weighted by Gasteiger charge is 2.31. The molecule has 2 fully saturated rings. The van der Waals surface area contributed by atoms with Crippen LogP contribution in [0.15, 0.2) is 48.5 Å². The summed E-state index contributed by atoms with van der Waals surface area (Å²) in [5, 5.41) is 10.9. The fourth-order valence-electron chi connectivity index (χ4n) is 8.28. The zero-order valence-electron chi connectivity index (χ0n) is 29.4. The molecular formula is C40H42Cl2N6O4. The Morgan fingerprint density at radius 1 is 0.769 bits per heavy atom. The van der Waals surface area contributed by atoms with Crippen LogP contribution in [0, 0.1) is 0 Å². The molecule has 2 aromatic heterocycles. The van der Waals surface area contributed by atoms with Gasteiger partial charge >= 0.3 is 0 Å². The number of ether oxygens (including phenoxy) is 2. The van der Waals surface area contributed by atoms with E-state index in [1.165, 1.54) is 5.56 Å². The number of pyridine rings is 2. The highest BCUT2D eigenvalue weighted by Crippen LogP contribution is 2.45. The van der Waals surface area contributed by atoms with Crippen LogP contribution in [0.3, 0.4) is 0 Å². The van der Waals surface area contributed by atoms with Gasteiger partial charge < -0.3 is 25.4 Å². The Balaban J connectivity index is 1.08. The number of methoxy groups -OCH3 is 2. The minimum absolute atomic E-state index is 0.0984. The minimum atomic E-state index is 0.0984. The van der Waals surface area contributed by atoms with Crippen molar-refractivity contribution in [1.29, 1.82) is 0 Å². The Kier molecular flexibility index (Phi) is 9.82. The van der Waals surface area contributed by atoms with E-state index < -0.39 is 0 Å². The normalized spacial score (nSPS) is 21.1. The summed E-state index contributed by atoms with van der Waals surface area (Å²) in [5.74, 6) is 1.44. The molecule has 0 spiro atoms. The Morgan fingerprint density at radius 2 is 1.37 bits per heavy atom. The SMILES string of the molecule is COc1nc(-c2cccc(-c3cccc(-c4cc5c(c(OC)n4)C(NCC4CCC(=O)N4)CC5)c3Cl)c2Cl)cc2c1CCN(CC1CCC(=O)N1)C2. The molecule has 12 heteroatoms. The summed E-state index contributed by atoms with van der Waals surface area (Å²) in [6.45, 7) is 3.15. The van der Waals surface area contributed by atoms with Crippen molar-refractivity contribution in [2.75, 3.05) is 33.9 Å². The molecule has 5 heterocycles. The Hall–Kier alpha value is -4.22. The fourth-order valence-corrected chi connectivity index (χ4v) is 8.93. The first-order valence-corrected chi connectivity index (χ1v) is 18.8. The lowest BCUT2D eigenvalue weighted by molar-refractivity contribution is -0.120. The third-order valence-corrected chi connectivity index (χ3v) is 11.7. The first-order chi connectivity index (χ1) is 25.3. The minimum Gasteiger partial charge on any atom is -0.481 e. The van der Waals surface area contributed by atoms with Crippen LogP contribution in [0.25, 0.3) is 33.6 Å². The van der Waals surface area contributed by atoms with Crippen molar-refractivity contribution in [1.82, 2.24) is 30.8 Å². The number of hydrogen-bond acceptors (Lipinski definition) is 8. The molecular weight excluding hydrogens is 699 g/mol. The van der Waals surface area contributed by atoms with Crippen LogP contribution in [-0.4, -0.2) is 72.6 Å². The van der Waals surface area contributed by atoms with E-state index in [2.05, 4.69) is 33.0 Å². The maximum Gasteiger partial charge on any atom is 0.220 e. The van der Waals surface area contributed by atoms with Gasteiger partial charge in [0.2, 0.25) is 23.6 Å². The molecule has 1 aliphatic carbocycles. The van der Waals surface area contributed by atoms with E-state index in [9.17, 15) is 9.59 Å². The molecule has 2 saturated heterocycles. The van der Waals surface area contributed by atoms with Gasteiger partial charge in [-0.3, -0.25) is 14.5 Å². The molecule has 0 bridgehead atoms. The maximum atomic E-state index is 11.8. The molecule has 0 saturated carbocycles. The van der Waals surface area contributed by atoms with E-state index in [-0.39, 0.29) is 29.9 Å². The molecule has 10 nitrogen and oxygen atoms in total. The summed E-state index contributed by atoms with van der Waals surface area (Å²) in [5.41, 5.74) is 9.14. The van der Waals surface area contributed by atoms with E-state index in [0.29, 0.717) is 41.2 Å². The van der Waals surface area contributed by atoms with Crippen molar-refractivity contribution in [3.05, 3.63) is 80.8 Å². The van der Waals surface area contributed by atoms with E-state index in [1.54, 1.807) is 14.2 Å². The fraction of sp³-hybridized carbons (Fsp3) is 0.400. The molecule has 2 aromatic carbocycles. The van der Waals surface area contributed by atoms with Crippen LogP contribution < -0.4 is 25.4 Å². The van der Waals surface area contributed by atoms with Gasteiger partial charge in [-0.05, 0) is 55.4 Å². The molecule has 4 aliphatic rings. The highest BCUT2D eigenvalue weighted by molar-refractivity contribution is 6.39. The number of nitrogens with one attached hydrogen (secondary N) is 3. The molecule has 2 amide bonds. The van der Waals surface area contributed by atoms with Crippen LogP contribution in [0.2, 0.25) is 10.0 Å². The Bertz CT molecular complexity index is 2060. The zero-order chi connectivity index (χ0) is 35.9. The van der Waals surface area contributed by atoms with Gasteiger partial charge in [-0.2, -0.15) is 0 Å². The Labute approximate surface area is 313 Å². The second-order valence-corrected chi connectivity index (χ2v) is 14.9. The number of hydrogen-bond donors (Lipinski definition) is 3. The van der Waals surface area contributed by atoms with Crippen molar-refractivity contribution in [3.8, 4) is 45.4 Å². The van der Waals surface area contributed by atoms with E-state index in [0.717, 1.165) is 102 Å². The monoisotopic (exact) mass is 740 g/mol.